The number of rotatable bonds is 15. The highest BCUT2D eigenvalue weighted by Gasteiger charge is 2.54. The molecule has 0 fully saturated rings. The second-order valence-corrected chi connectivity index (χ2v) is 13.1. The van der Waals surface area contributed by atoms with Gasteiger partial charge in [0.15, 0.2) is 11.6 Å². The number of carbonyl (C=O) groups is 2. The summed E-state index contributed by atoms with van der Waals surface area (Å²) in [5.41, 5.74) is -0.855. The van der Waals surface area contributed by atoms with Gasteiger partial charge in [-0.3, -0.25) is 9.59 Å². The molecule has 0 aromatic heterocycles. The molecule has 13 heteroatoms. The standard InChI is InChI=1S/C36H42Cl2N2O9/c1-35(2,3)49-31(42)14-15-36(34(43)39-21-27-29(45-5)19-25(44-4)20-30(27)46-6)32(26-13-10-23(37)18-28(26)38)48-33(40-36)22-8-11-24(12-9-22)47-17-7-16-41/h8-13,18-20,32,41H,7,14-17,21H2,1-6H3,(H,39,43)/t32-,36-/m1/s1. The number of benzene rings is 3. The highest BCUT2D eigenvalue weighted by molar-refractivity contribution is 6.35. The van der Waals surface area contributed by atoms with Crippen LogP contribution in [0.4, 0.5) is 0 Å². The summed E-state index contributed by atoms with van der Waals surface area (Å²) < 4.78 is 34.3. The molecule has 1 aliphatic heterocycles. The van der Waals surface area contributed by atoms with Crippen molar-refractivity contribution >= 4 is 41.0 Å². The smallest absolute Gasteiger partial charge is 0.306 e. The monoisotopic (exact) mass is 716 g/mol. The van der Waals surface area contributed by atoms with Gasteiger partial charge >= 0.3 is 5.97 Å². The van der Waals surface area contributed by atoms with Gasteiger partial charge in [-0.25, -0.2) is 4.99 Å². The molecule has 0 spiro atoms. The molecule has 11 nitrogen and oxygen atoms in total. The van der Waals surface area contributed by atoms with Gasteiger partial charge in [-0.2, -0.15) is 0 Å². The molecule has 2 N–H and O–H groups in total. The Morgan fingerprint density at radius 3 is 2.20 bits per heavy atom. The van der Waals surface area contributed by atoms with E-state index in [9.17, 15) is 9.59 Å². The number of nitrogens with one attached hydrogen (secondary N) is 1. The molecule has 0 saturated carbocycles. The molecule has 4 rings (SSSR count). The molecule has 3 aromatic carbocycles. The number of amides is 1. The number of aliphatic hydroxyl groups is 1. The lowest BCUT2D eigenvalue weighted by atomic mass is 9.83. The minimum atomic E-state index is -1.69. The van der Waals surface area contributed by atoms with Gasteiger partial charge in [0.05, 0.1) is 40.0 Å². The Morgan fingerprint density at radius 1 is 0.959 bits per heavy atom. The average molecular weight is 718 g/mol. The second kappa shape index (κ2) is 16.5. The largest absolute Gasteiger partial charge is 0.496 e. The van der Waals surface area contributed by atoms with Crippen LogP contribution in [-0.4, -0.2) is 68.6 Å². The van der Waals surface area contributed by atoms with Crippen LogP contribution in [0.15, 0.2) is 59.6 Å². The van der Waals surface area contributed by atoms with E-state index in [1.807, 2.05) is 0 Å². The van der Waals surface area contributed by atoms with Crippen LogP contribution in [0.25, 0.3) is 0 Å². The van der Waals surface area contributed by atoms with Crippen molar-refractivity contribution in [2.24, 2.45) is 4.99 Å². The maximum absolute atomic E-state index is 14.6. The van der Waals surface area contributed by atoms with Crippen molar-refractivity contribution in [2.45, 2.75) is 63.8 Å². The van der Waals surface area contributed by atoms with Crippen molar-refractivity contribution in [3.63, 3.8) is 0 Å². The fraction of sp³-hybridized carbons (Fsp3) is 0.417. The number of nitrogens with zero attached hydrogens (tertiary/aromatic N) is 1. The van der Waals surface area contributed by atoms with Crippen LogP contribution >= 0.6 is 23.2 Å². The first-order chi connectivity index (χ1) is 23.3. The average Bonchev–Trinajstić information content (AvgIpc) is 3.46. The molecule has 264 valence electrons. The molecule has 49 heavy (non-hydrogen) atoms. The summed E-state index contributed by atoms with van der Waals surface area (Å²) in [6, 6.07) is 15.2. The topological polar surface area (TPSA) is 134 Å². The van der Waals surface area contributed by atoms with E-state index in [4.69, 9.17) is 61.7 Å². The van der Waals surface area contributed by atoms with E-state index in [0.717, 1.165) is 0 Å². The summed E-state index contributed by atoms with van der Waals surface area (Å²) in [4.78, 5) is 32.6. The predicted octanol–water partition coefficient (Wildman–Crippen LogP) is 6.48. The van der Waals surface area contributed by atoms with Gasteiger partial charge in [-0.1, -0.05) is 29.3 Å². The molecular weight excluding hydrogens is 675 g/mol. The van der Waals surface area contributed by atoms with Crippen LogP contribution in [0.3, 0.4) is 0 Å². The molecule has 0 bridgehead atoms. The molecule has 2 atom stereocenters. The van der Waals surface area contributed by atoms with Crippen molar-refractivity contribution in [3.05, 3.63) is 81.3 Å². The molecule has 1 heterocycles. The van der Waals surface area contributed by atoms with Gasteiger partial charge in [0.2, 0.25) is 5.90 Å². The Hall–Kier alpha value is -4.19. The van der Waals surface area contributed by atoms with Crippen LogP contribution in [0.1, 0.15) is 62.8 Å². The number of aliphatic imine (C=N–C) groups is 1. The van der Waals surface area contributed by atoms with Crippen molar-refractivity contribution in [1.82, 2.24) is 5.32 Å². The SMILES string of the molecule is COc1cc(OC)c(CNC(=O)[C@]2(CCC(=O)OC(C)(C)C)N=C(c3ccc(OCCCO)cc3)O[C@@H]2c2ccc(Cl)cc2Cl)c(OC)c1. The minimum absolute atomic E-state index is 0.0167. The predicted molar refractivity (Wildman–Crippen MR) is 186 cm³/mol. The van der Waals surface area contributed by atoms with E-state index in [1.165, 1.54) is 21.3 Å². The Labute approximate surface area is 296 Å². The van der Waals surface area contributed by atoms with E-state index >= 15 is 0 Å². The van der Waals surface area contributed by atoms with Crippen LogP contribution in [0, 0.1) is 0 Å². The summed E-state index contributed by atoms with van der Waals surface area (Å²) in [7, 11) is 4.54. The Balaban J connectivity index is 1.80. The summed E-state index contributed by atoms with van der Waals surface area (Å²) in [5.74, 6) is 1.09. The van der Waals surface area contributed by atoms with Crippen molar-refractivity contribution in [2.75, 3.05) is 34.5 Å². The number of hydrogen-bond donors (Lipinski definition) is 2. The number of aliphatic hydroxyl groups excluding tert-OH is 1. The second-order valence-electron chi connectivity index (χ2n) is 12.2. The van der Waals surface area contributed by atoms with Gasteiger partial charge in [0, 0.05) is 52.8 Å². The molecular formula is C36H42Cl2N2O9. The lowest BCUT2D eigenvalue weighted by molar-refractivity contribution is -0.155. The molecule has 1 aliphatic rings. The summed E-state index contributed by atoms with van der Waals surface area (Å²) >= 11 is 13.0. The molecule has 0 unspecified atom stereocenters. The number of halogens is 2. The third kappa shape index (κ3) is 9.29. The lowest BCUT2D eigenvalue weighted by Crippen LogP contribution is -2.48. The Bertz CT molecular complexity index is 1630. The van der Waals surface area contributed by atoms with Crippen LogP contribution < -0.4 is 24.3 Å². The van der Waals surface area contributed by atoms with Gasteiger partial charge in [0.1, 0.15) is 28.6 Å². The van der Waals surface area contributed by atoms with Gasteiger partial charge < -0.3 is 38.8 Å². The number of ether oxygens (including phenoxy) is 6. The highest BCUT2D eigenvalue weighted by Crippen LogP contribution is 2.46. The molecule has 0 radical (unpaired) electrons. The lowest BCUT2D eigenvalue weighted by Gasteiger charge is -2.31. The summed E-state index contributed by atoms with van der Waals surface area (Å²) in [5, 5.41) is 12.7. The highest BCUT2D eigenvalue weighted by atomic mass is 35.5. The molecule has 1 amide bonds. The number of esters is 1. The summed E-state index contributed by atoms with van der Waals surface area (Å²) in [6.07, 6.45) is -0.806. The normalized spacial score (nSPS) is 17.1. The third-order valence-electron chi connectivity index (χ3n) is 7.65. The fourth-order valence-electron chi connectivity index (χ4n) is 5.32. The van der Waals surface area contributed by atoms with Gasteiger partial charge in [0.25, 0.3) is 5.91 Å². The molecule has 0 saturated heterocycles. The van der Waals surface area contributed by atoms with Gasteiger partial charge in [-0.15, -0.1) is 0 Å². The summed E-state index contributed by atoms with van der Waals surface area (Å²) in [6.45, 7) is 5.66. The molecule has 3 aromatic rings. The maximum Gasteiger partial charge on any atom is 0.306 e. The zero-order chi connectivity index (χ0) is 35.8. The minimum Gasteiger partial charge on any atom is -0.496 e. The zero-order valence-corrected chi connectivity index (χ0v) is 29.9. The van der Waals surface area contributed by atoms with E-state index in [1.54, 1.807) is 75.4 Å². The first-order valence-corrected chi connectivity index (χ1v) is 16.4. The van der Waals surface area contributed by atoms with E-state index < -0.39 is 29.1 Å². The Kier molecular flexibility index (Phi) is 12.7. The number of carbonyl (C=O) groups excluding carboxylic acids is 2. The first kappa shape index (κ1) is 37.6. The van der Waals surface area contributed by atoms with E-state index in [-0.39, 0.29) is 36.9 Å². The van der Waals surface area contributed by atoms with Gasteiger partial charge in [-0.05, 0) is 63.6 Å². The quantitative estimate of drug-likeness (QED) is 0.134. The van der Waals surface area contributed by atoms with Crippen molar-refractivity contribution < 1.29 is 43.1 Å². The zero-order valence-electron chi connectivity index (χ0n) is 28.4. The Morgan fingerprint density at radius 2 is 1.63 bits per heavy atom. The maximum atomic E-state index is 14.6. The molecule has 0 aliphatic carbocycles. The van der Waals surface area contributed by atoms with E-state index in [2.05, 4.69) is 5.32 Å². The number of hydrogen-bond acceptors (Lipinski definition) is 10. The van der Waals surface area contributed by atoms with Crippen molar-refractivity contribution in [3.8, 4) is 23.0 Å². The number of methoxy groups -OCH3 is 3. The van der Waals surface area contributed by atoms with Crippen LogP contribution in [-0.2, 0) is 25.6 Å². The van der Waals surface area contributed by atoms with Crippen molar-refractivity contribution in [1.29, 1.82) is 0 Å². The van der Waals surface area contributed by atoms with Crippen LogP contribution in [0.2, 0.25) is 10.0 Å². The third-order valence-corrected chi connectivity index (χ3v) is 8.21. The first-order valence-electron chi connectivity index (χ1n) is 15.7. The van der Waals surface area contributed by atoms with Crippen LogP contribution in [0.5, 0.6) is 23.0 Å². The fourth-order valence-corrected chi connectivity index (χ4v) is 5.83. The van der Waals surface area contributed by atoms with E-state index in [0.29, 0.717) is 57.7 Å².